The quantitative estimate of drug-likeness (QED) is 0.909. The molecule has 100 valence electrons. The van der Waals surface area contributed by atoms with Crippen LogP contribution in [0.5, 0.6) is 0 Å². The Labute approximate surface area is 114 Å². The first kappa shape index (κ1) is 15.0. The van der Waals surface area contributed by atoms with Crippen LogP contribution in [0.2, 0.25) is 5.02 Å². The first-order chi connectivity index (χ1) is 8.11. The van der Waals surface area contributed by atoms with E-state index in [0.717, 1.165) is 6.42 Å². The number of amides is 1. The van der Waals surface area contributed by atoms with Crippen LogP contribution in [0.25, 0.3) is 0 Å². The lowest BCUT2D eigenvalue weighted by Gasteiger charge is -2.33. The Balaban J connectivity index is 2.79. The van der Waals surface area contributed by atoms with Crippen molar-refractivity contribution in [2.45, 2.75) is 46.6 Å². The molecule has 0 fully saturated rings. The third kappa shape index (κ3) is 4.65. The molecule has 1 heterocycles. The minimum Gasteiger partial charge on any atom is -0.347 e. The Morgan fingerprint density at radius 1 is 1.33 bits per heavy atom. The molecule has 0 saturated heterocycles. The Kier molecular flexibility index (Phi) is 4.38. The number of carbonyl (C=O) groups excluding carboxylic acids is 1. The minimum atomic E-state index is -0.276. The molecule has 1 N–H and O–H groups in total. The monoisotopic (exact) mass is 268 g/mol. The van der Waals surface area contributed by atoms with Crippen LogP contribution in [0.1, 0.15) is 51.4 Å². The third-order valence-corrected chi connectivity index (χ3v) is 2.74. The van der Waals surface area contributed by atoms with Crippen LogP contribution in [0.15, 0.2) is 18.5 Å². The summed E-state index contributed by atoms with van der Waals surface area (Å²) in [6, 6.07) is 1.63. The SMILES string of the molecule is CC(C)(C)CC(C)(C)NC(=O)c1ccncc1Cl. The van der Waals surface area contributed by atoms with Crippen LogP contribution in [-0.4, -0.2) is 16.4 Å². The predicted octanol–water partition coefficient (Wildman–Crippen LogP) is 3.68. The zero-order valence-corrected chi connectivity index (χ0v) is 12.4. The Bertz CT molecular complexity index is 436. The van der Waals surface area contributed by atoms with Gasteiger partial charge in [-0.2, -0.15) is 0 Å². The van der Waals surface area contributed by atoms with Crippen molar-refractivity contribution < 1.29 is 4.79 Å². The van der Waals surface area contributed by atoms with Gasteiger partial charge in [-0.1, -0.05) is 32.4 Å². The first-order valence-electron chi connectivity index (χ1n) is 6.03. The molecule has 0 aromatic carbocycles. The highest BCUT2D eigenvalue weighted by molar-refractivity contribution is 6.33. The maximum Gasteiger partial charge on any atom is 0.253 e. The lowest BCUT2D eigenvalue weighted by Crippen LogP contribution is -2.45. The summed E-state index contributed by atoms with van der Waals surface area (Å²) in [5, 5.41) is 3.40. The van der Waals surface area contributed by atoms with Crippen molar-refractivity contribution in [2.24, 2.45) is 5.41 Å². The molecule has 3 nitrogen and oxygen atoms in total. The molecule has 0 atom stereocenters. The largest absolute Gasteiger partial charge is 0.347 e. The second-order valence-corrected chi connectivity index (χ2v) is 6.84. The van der Waals surface area contributed by atoms with Crippen molar-refractivity contribution in [3.8, 4) is 0 Å². The number of halogens is 1. The molecule has 18 heavy (non-hydrogen) atoms. The maximum absolute atomic E-state index is 12.1. The van der Waals surface area contributed by atoms with Gasteiger partial charge in [0.25, 0.3) is 5.91 Å². The van der Waals surface area contributed by atoms with Crippen LogP contribution >= 0.6 is 11.6 Å². The number of hydrogen-bond donors (Lipinski definition) is 1. The van der Waals surface area contributed by atoms with E-state index in [-0.39, 0.29) is 16.9 Å². The molecule has 4 heteroatoms. The molecular formula is C14H21ClN2O. The Hall–Kier alpha value is -1.09. The molecule has 0 aliphatic carbocycles. The summed E-state index contributed by atoms with van der Waals surface area (Å²) in [5.41, 5.74) is 0.342. The van der Waals surface area contributed by atoms with Gasteiger partial charge in [0.1, 0.15) is 0 Å². The fourth-order valence-corrected chi connectivity index (χ4v) is 2.51. The molecule has 0 unspecified atom stereocenters. The van der Waals surface area contributed by atoms with Gasteiger partial charge in [-0.05, 0) is 31.7 Å². The summed E-state index contributed by atoms with van der Waals surface area (Å²) in [6.45, 7) is 10.5. The van der Waals surface area contributed by atoms with E-state index >= 15 is 0 Å². The molecular weight excluding hydrogens is 248 g/mol. The number of nitrogens with one attached hydrogen (secondary N) is 1. The van der Waals surface area contributed by atoms with Gasteiger partial charge < -0.3 is 5.32 Å². The standard InChI is InChI=1S/C14H21ClN2O/c1-13(2,3)9-14(4,5)17-12(18)10-6-7-16-8-11(10)15/h6-8H,9H2,1-5H3,(H,17,18). The van der Waals surface area contributed by atoms with Crippen molar-refractivity contribution >= 4 is 17.5 Å². The van der Waals surface area contributed by atoms with Crippen LogP contribution < -0.4 is 5.32 Å². The third-order valence-electron chi connectivity index (χ3n) is 2.44. The summed E-state index contributed by atoms with van der Waals surface area (Å²) in [5.74, 6) is -0.156. The topological polar surface area (TPSA) is 42.0 Å². The highest BCUT2D eigenvalue weighted by atomic mass is 35.5. The molecule has 1 rings (SSSR count). The summed E-state index contributed by atoms with van der Waals surface area (Å²) in [6.07, 6.45) is 3.93. The molecule has 0 aliphatic rings. The zero-order valence-electron chi connectivity index (χ0n) is 11.7. The van der Waals surface area contributed by atoms with Gasteiger partial charge in [-0.3, -0.25) is 9.78 Å². The van der Waals surface area contributed by atoms with Gasteiger partial charge in [0, 0.05) is 17.9 Å². The van der Waals surface area contributed by atoms with Gasteiger partial charge in [-0.15, -0.1) is 0 Å². The average Bonchev–Trinajstić information content (AvgIpc) is 2.12. The van der Waals surface area contributed by atoms with Gasteiger partial charge in [0.2, 0.25) is 0 Å². The molecule has 0 saturated carbocycles. The lowest BCUT2D eigenvalue weighted by atomic mass is 9.81. The lowest BCUT2D eigenvalue weighted by molar-refractivity contribution is 0.0891. The second kappa shape index (κ2) is 5.27. The van der Waals surface area contributed by atoms with Gasteiger partial charge >= 0.3 is 0 Å². The highest BCUT2D eigenvalue weighted by Gasteiger charge is 2.27. The van der Waals surface area contributed by atoms with E-state index in [1.54, 1.807) is 12.3 Å². The van der Waals surface area contributed by atoms with Crippen LogP contribution in [0.4, 0.5) is 0 Å². The fourth-order valence-electron chi connectivity index (χ4n) is 2.30. The van der Waals surface area contributed by atoms with Crippen molar-refractivity contribution in [1.82, 2.24) is 10.3 Å². The van der Waals surface area contributed by atoms with E-state index in [1.807, 2.05) is 13.8 Å². The molecule has 0 radical (unpaired) electrons. The van der Waals surface area contributed by atoms with E-state index < -0.39 is 0 Å². The summed E-state index contributed by atoms with van der Waals surface area (Å²) in [4.78, 5) is 16.0. The number of hydrogen-bond acceptors (Lipinski definition) is 2. The van der Waals surface area contributed by atoms with Gasteiger partial charge in [-0.25, -0.2) is 0 Å². The van der Waals surface area contributed by atoms with Crippen LogP contribution in [0.3, 0.4) is 0 Å². The summed E-state index contributed by atoms with van der Waals surface area (Å²) in [7, 11) is 0. The van der Waals surface area contributed by atoms with E-state index in [1.165, 1.54) is 6.20 Å². The maximum atomic E-state index is 12.1. The minimum absolute atomic E-state index is 0.152. The van der Waals surface area contributed by atoms with Crippen LogP contribution in [0, 0.1) is 5.41 Å². The molecule has 0 aliphatic heterocycles. The van der Waals surface area contributed by atoms with E-state index in [0.29, 0.717) is 10.6 Å². The molecule has 0 spiro atoms. The molecule has 1 aromatic heterocycles. The average molecular weight is 269 g/mol. The van der Waals surface area contributed by atoms with E-state index in [2.05, 4.69) is 31.1 Å². The van der Waals surface area contributed by atoms with Crippen molar-refractivity contribution in [2.75, 3.05) is 0 Å². The number of pyridine rings is 1. The Morgan fingerprint density at radius 2 is 1.94 bits per heavy atom. The van der Waals surface area contributed by atoms with Crippen molar-refractivity contribution in [3.63, 3.8) is 0 Å². The number of rotatable bonds is 3. The van der Waals surface area contributed by atoms with Gasteiger partial charge in [0.05, 0.1) is 10.6 Å². The zero-order chi connectivity index (χ0) is 14.0. The summed E-state index contributed by atoms with van der Waals surface area (Å²) >= 11 is 5.96. The van der Waals surface area contributed by atoms with Crippen molar-refractivity contribution in [3.05, 3.63) is 29.0 Å². The summed E-state index contributed by atoms with van der Waals surface area (Å²) < 4.78 is 0. The van der Waals surface area contributed by atoms with Crippen LogP contribution in [-0.2, 0) is 0 Å². The fraction of sp³-hybridized carbons (Fsp3) is 0.571. The van der Waals surface area contributed by atoms with E-state index in [4.69, 9.17) is 11.6 Å². The number of carbonyl (C=O) groups is 1. The highest BCUT2D eigenvalue weighted by Crippen LogP contribution is 2.27. The van der Waals surface area contributed by atoms with Gasteiger partial charge in [0.15, 0.2) is 0 Å². The number of aromatic nitrogens is 1. The predicted molar refractivity (Wildman–Crippen MR) is 74.9 cm³/mol. The van der Waals surface area contributed by atoms with E-state index in [9.17, 15) is 4.79 Å². The molecule has 1 aromatic rings. The number of nitrogens with zero attached hydrogens (tertiary/aromatic N) is 1. The first-order valence-corrected chi connectivity index (χ1v) is 6.41. The van der Waals surface area contributed by atoms with Crippen molar-refractivity contribution in [1.29, 1.82) is 0 Å². The smallest absolute Gasteiger partial charge is 0.253 e. The normalized spacial score (nSPS) is 12.3. The second-order valence-electron chi connectivity index (χ2n) is 6.43. The molecule has 0 bridgehead atoms. The Morgan fingerprint density at radius 3 is 2.44 bits per heavy atom. The molecule has 1 amide bonds.